The zero-order valence-electron chi connectivity index (χ0n) is 8.17. The lowest BCUT2D eigenvalue weighted by molar-refractivity contribution is -0.139. The van der Waals surface area contributed by atoms with Crippen LogP contribution in [-0.2, 0) is 9.53 Å². The number of hydrogen-bond donors (Lipinski definition) is 0. The van der Waals surface area contributed by atoms with E-state index in [2.05, 4.69) is 13.8 Å². The summed E-state index contributed by atoms with van der Waals surface area (Å²) in [4.78, 5) is 10.8. The van der Waals surface area contributed by atoms with Gasteiger partial charge in [0.05, 0.1) is 6.61 Å². The molecule has 0 aliphatic carbocycles. The number of carbonyl (C=O) groups excluding carboxylic acids is 1. The minimum atomic E-state index is -0.236. The molecule has 0 heterocycles. The molecule has 0 spiro atoms. The fourth-order valence-electron chi connectivity index (χ4n) is 0.985. The number of allylic oxidation sites excluding steroid dienone is 1. The van der Waals surface area contributed by atoms with Gasteiger partial charge in [0.25, 0.3) is 0 Å². The summed E-state index contributed by atoms with van der Waals surface area (Å²) in [6.45, 7) is 6.56. The van der Waals surface area contributed by atoms with E-state index in [-0.39, 0.29) is 5.97 Å². The van der Waals surface area contributed by atoms with Gasteiger partial charge in [-0.1, -0.05) is 26.3 Å². The monoisotopic (exact) mass is 170 g/mol. The minimum Gasteiger partial charge on any atom is -0.462 e. The maximum absolute atomic E-state index is 10.8. The SMILES string of the molecule is C/C=C/C(=O)OCC(C)CCC. The van der Waals surface area contributed by atoms with Gasteiger partial charge in [-0.3, -0.25) is 0 Å². The first-order chi connectivity index (χ1) is 5.70. The number of rotatable bonds is 5. The molecule has 0 saturated heterocycles. The van der Waals surface area contributed by atoms with Crippen LogP contribution >= 0.6 is 0 Å². The molecule has 1 atom stereocenters. The molecule has 0 N–H and O–H groups in total. The van der Waals surface area contributed by atoms with E-state index in [0.29, 0.717) is 12.5 Å². The van der Waals surface area contributed by atoms with E-state index in [0.717, 1.165) is 12.8 Å². The van der Waals surface area contributed by atoms with Gasteiger partial charge < -0.3 is 4.74 Å². The molecule has 0 aliphatic heterocycles. The average Bonchev–Trinajstić information content (AvgIpc) is 2.02. The van der Waals surface area contributed by atoms with E-state index in [1.165, 1.54) is 6.08 Å². The van der Waals surface area contributed by atoms with Crippen LogP contribution in [-0.4, -0.2) is 12.6 Å². The molecule has 2 nitrogen and oxygen atoms in total. The van der Waals surface area contributed by atoms with Gasteiger partial charge >= 0.3 is 5.97 Å². The average molecular weight is 170 g/mol. The van der Waals surface area contributed by atoms with Crippen molar-refractivity contribution in [1.29, 1.82) is 0 Å². The summed E-state index contributed by atoms with van der Waals surface area (Å²) in [7, 11) is 0. The molecule has 1 unspecified atom stereocenters. The fraction of sp³-hybridized carbons (Fsp3) is 0.700. The number of ether oxygens (including phenoxy) is 1. The van der Waals surface area contributed by atoms with Crippen LogP contribution in [0.2, 0.25) is 0 Å². The second-order valence-electron chi connectivity index (χ2n) is 3.02. The molecule has 0 amide bonds. The van der Waals surface area contributed by atoms with Crippen molar-refractivity contribution in [3.8, 4) is 0 Å². The molecule has 0 aliphatic rings. The standard InChI is InChI=1S/C10H18O2/c1-4-6-9(3)8-12-10(11)7-5-2/h5,7,9H,4,6,8H2,1-3H3/b7-5+. The normalized spacial score (nSPS) is 13.2. The van der Waals surface area contributed by atoms with Crippen LogP contribution in [0.5, 0.6) is 0 Å². The zero-order valence-corrected chi connectivity index (χ0v) is 8.17. The summed E-state index contributed by atoms with van der Waals surface area (Å²) < 4.78 is 4.97. The molecule has 0 aromatic heterocycles. The summed E-state index contributed by atoms with van der Waals surface area (Å²) >= 11 is 0. The van der Waals surface area contributed by atoms with Crippen molar-refractivity contribution < 1.29 is 9.53 Å². The van der Waals surface area contributed by atoms with Gasteiger partial charge in [0, 0.05) is 6.08 Å². The second-order valence-corrected chi connectivity index (χ2v) is 3.02. The van der Waals surface area contributed by atoms with Crippen LogP contribution in [0.15, 0.2) is 12.2 Å². The highest BCUT2D eigenvalue weighted by atomic mass is 16.5. The first-order valence-corrected chi connectivity index (χ1v) is 4.50. The van der Waals surface area contributed by atoms with Crippen LogP contribution in [0.3, 0.4) is 0 Å². The van der Waals surface area contributed by atoms with Crippen LogP contribution in [0.1, 0.15) is 33.6 Å². The van der Waals surface area contributed by atoms with Crippen LogP contribution in [0.25, 0.3) is 0 Å². The van der Waals surface area contributed by atoms with Crippen molar-refractivity contribution in [2.45, 2.75) is 33.6 Å². The second kappa shape index (κ2) is 6.89. The summed E-state index contributed by atoms with van der Waals surface area (Å²) in [5.74, 6) is 0.240. The Kier molecular flexibility index (Phi) is 6.44. The zero-order chi connectivity index (χ0) is 9.40. The van der Waals surface area contributed by atoms with Crippen molar-refractivity contribution in [2.75, 3.05) is 6.61 Å². The Labute approximate surface area is 74.6 Å². The Hall–Kier alpha value is -0.790. The van der Waals surface area contributed by atoms with Crippen molar-refractivity contribution in [2.24, 2.45) is 5.92 Å². The van der Waals surface area contributed by atoms with Crippen molar-refractivity contribution in [1.82, 2.24) is 0 Å². The molecule has 0 rings (SSSR count). The molecule has 0 aromatic carbocycles. The summed E-state index contributed by atoms with van der Waals surface area (Å²) in [5.41, 5.74) is 0. The first kappa shape index (κ1) is 11.2. The molecule has 0 bridgehead atoms. The Balaban J connectivity index is 3.46. The lowest BCUT2D eigenvalue weighted by Gasteiger charge is -2.08. The molecule has 12 heavy (non-hydrogen) atoms. The van der Waals surface area contributed by atoms with Crippen LogP contribution in [0.4, 0.5) is 0 Å². The molecule has 2 heteroatoms. The Bertz CT molecular complexity index is 150. The number of carbonyl (C=O) groups is 1. The van der Waals surface area contributed by atoms with Gasteiger partial charge in [0.2, 0.25) is 0 Å². The molecular formula is C10H18O2. The third kappa shape index (κ3) is 5.96. The Morgan fingerprint density at radius 3 is 2.75 bits per heavy atom. The topological polar surface area (TPSA) is 26.3 Å². The lowest BCUT2D eigenvalue weighted by atomic mass is 10.1. The van der Waals surface area contributed by atoms with E-state index >= 15 is 0 Å². The predicted molar refractivity (Wildman–Crippen MR) is 49.8 cm³/mol. The number of hydrogen-bond acceptors (Lipinski definition) is 2. The highest BCUT2D eigenvalue weighted by molar-refractivity contribution is 5.81. The van der Waals surface area contributed by atoms with Gasteiger partial charge in [-0.05, 0) is 19.3 Å². The largest absolute Gasteiger partial charge is 0.462 e. The smallest absolute Gasteiger partial charge is 0.330 e. The molecule has 0 fully saturated rings. The maximum Gasteiger partial charge on any atom is 0.330 e. The lowest BCUT2D eigenvalue weighted by Crippen LogP contribution is -2.09. The van der Waals surface area contributed by atoms with E-state index in [1.807, 2.05) is 0 Å². The van der Waals surface area contributed by atoms with E-state index < -0.39 is 0 Å². The van der Waals surface area contributed by atoms with Crippen LogP contribution < -0.4 is 0 Å². The van der Waals surface area contributed by atoms with Crippen molar-refractivity contribution in [3.63, 3.8) is 0 Å². The van der Waals surface area contributed by atoms with Gasteiger partial charge in [0.1, 0.15) is 0 Å². The highest BCUT2D eigenvalue weighted by Gasteiger charge is 2.02. The molecule has 70 valence electrons. The molecule has 0 saturated carbocycles. The third-order valence-electron chi connectivity index (χ3n) is 1.59. The Morgan fingerprint density at radius 2 is 2.25 bits per heavy atom. The van der Waals surface area contributed by atoms with Crippen molar-refractivity contribution >= 4 is 5.97 Å². The number of esters is 1. The molecule has 0 radical (unpaired) electrons. The summed E-state index contributed by atoms with van der Waals surface area (Å²) in [5, 5.41) is 0. The summed E-state index contributed by atoms with van der Waals surface area (Å²) in [6.07, 6.45) is 5.39. The van der Waals surface area contributed by atoms with E-state index in [1.54, 1.807) is 13.0 Å². The van der Waals surface area contributed by atoms with E-state index in [9.17, 15) is 4.79 Å². The summed E-state index contributed by atoms with van der Waals surface area (Å²) in [6, 6.07) is 0. The van der Waals surface area contributed by atoms with Gasteiger partial charge in [-0.25, -0.2) is 4.79 Å². The van der Waals surface area contributed by atoms with Gasteiger partial charge in [0.15, 0.2) is 0 Å². The minimum absolute atomic E-state index is 0.236. The van der Waals surface area contributed by atoms with Gasteiger partial charge in [-0.15, -0.1) is 0 Å². The predicted octanol–water partition coefficient (Wildman–Crippen LogP) is 2.54. The third-order valence-corrected chi connectivity index (χ3v) is 1.59. The maximum atomic E-state index is 10.8. The first-order valence-electron chi connectivity index (χ1n) is 4.50. The van der Waals surface area contributed by atoms with Gasteiger partial charge in [-0.2, -0.15) is 0 Å². The fourth-order valence-corrected chi connectivity index (χ4v) is 0.985. The highest BCUT2D eigenvalue weighted by Crippen LogP contribution is 2.04. The Morgan fingerprint density at radius 1 is 1.58 bits per heavy atom. The van der Waals surface area contributed by atoms with Crippen molar-refractivity contribution in [3.05, 3.63) is 12.2 Å². The molecular weight excluding hydrogens is 152 g/mol. The van der Waals surface area contributed by atoms with E-state index in [4.69, 9.17) is 4.74 Å². The van der Waals surface area contributed by atoms with Crippen LogP contribution in [0, 0.1) is 5.92 Å². The quantitative estimate of drug-likeness (QED) is 0.468. The molecule has 0 aromatic rings.